The first-order valence-electron chi connectivity index (χ1n) is 14.9. The molecule has 0 radical (unpaired) electrons. The van der Waals surface area contributed by atoms with Crippen molar-refractivity contribution in [3.63, 3.8) is 0 Å². The molecule has 236 valence electrons. The molecule has 2 aliphatic rings. The summed E-state index contributed by atoms with van der Waals surface area (Å²) in [5.41, 5.74) is 1.61. The van der Waals surface area contributed by atoms with Crippen LogP contribution in [0, 0.1) is 5.92 Å². The molecule has 2 heterocycles. The van der Waals surface area contributed by atoms with Crippen LogP contribution in [0.2, 0.25) is 0 Å². The highest BCUT2D eigenvalue weighted by Crippen LogP contribution is 2.49. The van der Waals surface area contributed by atoms with E-state index in [1.54, 1.807) is 39.5 Å². The van der Waals surface area contributed by atoms with Gasteiger partial charge in [-0.25, -0.2) is 4.79 Å². The molecule has 0 aliphatic carbocycles. The normalized spacial score (nSPS) is 26.2. The Hall–Kier alpha value is -2.59. The van der Waals surface area contributed by atoms with Gasteiger partial charge in [0.1, 0.15) is 12.7 Å². The van der Waals surface area contributed by atoms with Crippen molar-refractivity contribution in [1.82, 2.24) is 0 Å². The van der Waals surface area contributed by atoms with Gasteiger partial charge in [-0.15, -0.1) is 0 Å². The molecule has 0 aromatic heterocycles. The highest BCUT2D eigenvalue weighted by atomic mass is 16.6. The number of ether oxygens (including phenoxy) is 8. The van der Waals surface area contributed by atoms with Crippen molar-refractivity contribution >= 4 is 12.0 Å². The Balaban J connectivity index is 1.72. The zero-order valence-corrected chi connectivity index (χ0v) is 26.6. The van der Waals surface area contributed by atoms with E-state index >= 15 is 0 Å². The third kappa shape index (κ3) is 9.46. The molecule has 1 aromatic rings. The van der Waals surface area contributed by atoms with E-state index in [4.69, 9.17) is 37.9 Å². The summed E-state index contributed by atoms with van der Waals surface area (Å²) < 4.78 is 46.7. The maximum atomic E-state index is 13.1. The number of carbonyl (C=O) groups excluding carboxylic acids is 1. The summed E-state index contributed by atoms with van der Waals surface area (Å²) in [6.07, 6.45) is 7.79. The standard InChI is InChI=1S/C33H50O9/c1-22(2)11-13-29-33(5,42-29)25-15-17-38-16-9-10-26(31(25)37-8)41-30(34)14-12-24-20-27(35-6)32(28(21-24)36-7)40-19-18-39-23(3)4/h11-12,14,20-21,23,25-26,29,31H,9-10,13,15-19H2,1-8H3/b14-12+/t25-,26-,29?,31+,33?/m1/s1. The smallest absolute Gasteiger partial charge is 0.331 e. The summed E-state index contributed by atoms with van der Waals surface area (Å²) in [7, 11) is 4.80. The van der Waals surface area contributed by atoms with Gasteiger partial charge in [-0.2, -0.15) is 0 Å². The summed E-state index contributed by atoms with van der Waals surface area (Å²) in [4.78, 5) is 13.1. The Morgan fingerprint density at radius 2 is 1.79 bits per heavy atom. The van der Waals surface area contributed by atoms with Gasteiger partial charge in [-0.3, -0.25) is 0 Å². The molecular weight excluding hydrogens is 540 g/mol. The molecule has 42 heavy (non-hydrogen) atoms. The predicted octanol–water partition coefficient (Wildman–Crippen LogP) is 5.78. The lowest BCUT2D eigenvalue weighted by molar-refractivity contribution is -0.155. The Morgan fingerprint density at radius 1 is 1.07 bits per heavy atom. The Bertz CT molecular complexity index is 1040. The van der Waals surface area contributed by atoms with Crippen LogP contribution in [-0.4, -0.2) is 83.7 Å². The van der Waals surface area contributed by atoms with Crippen LogP contribution in [0.1, 0.15) is 65.9 Å². The Kier molecular flexibility index (Phi) is 13.2. The maximum absolute atomic E-state index is 13.1. The summed E-state index contributed by atoms with van der Waals surface area (Å²) in [6.45, 7) is 12.3. The van der Waals surface area contributed by atoms with Crippen molar-refractivity contribution in [2.24, 2.45) is 5.92 Å². The lowest BCUT2D eigenvalue weighted by Crippen LogP contribution is -2.45. The van der Waals surface area contributed by atoms with Crippen LogP contribution < -0.4 is 14.2 Å². The fraction of sp³-hybridized carbons (Fsp3) is 0.667. The second kappa shape index (κ2) is 16.3. The first kappa shape index (κ1) is 33.9. The zero-order chi connectivity index (χ0) is 30.7. The van der Waals surface area contributed by atoms with Crippen molar-refractivity contribution in [3.8, 4) is 17.2 Å². The zero-order valence-electron chi connectivity index (χ0n) is 26.6. The van der Waals surface area contributed by atoms with Crippen LogP contribution in [0.25, 0.3) is 6.08 Å². The van der Waals surface area contributed by atoms with Crippen LogP contribution in [0.3, 0.4) is 0 Å². The van der Waals surface area contributed by atoms with Crippen LogP contribution >= 0.6 is 0 Å². The van der Waals surface area contributed by atoms with Gasteiger partial charge >= 0.3 is 5.97 Å². The highest BCUT2D eigenvalue weighted by molar-refractivity contribution is 5.87. The number of esters is 1. The number of carbonyl (C=O) groups is 1. The Morgan fingerprint density at radius 3 is 2.40 bits per heavy atom. The second-order valence-corrected chi connectivity index (χ2v) is 11.5. The van der Waals surface area contributed by atoms with Crippen molar-refractivity contribution < 1.29 is 42.7 Å². The lowest BCUT2D eigenvalue weighted by Gasteiger charge is -2.34. The van der Waals surface area contributed by atoms with E-state index in [1.807, 2.05) is 13.8 Å². The molecule has 0 N–H and O–H groups in total. The van der Waals surface area contributed by atoms with E-state index in [-0.39, 0.29) is 29.8 Å². The number of allylic oxidation sites excluding steroid dienone is 1. The maximum Gasteiger partial charge on any atom is 0.331 e. The minimum absolute atomic E-state index is 0.0185. The number of benzene rings is 1. The van der Waals surface area contributed by atoms with Gasteiger partial charge in [-0.1, -0.05) is 11.6 Å². The molecule has 0 amide bonds. The van der Waals surface area contributed by atoms with Crippen LogP contribution in [-0.2, 0) is 28.5 Å². The summed E-state index contributed by atoms with van der Waals surface area (Å²) in [5.74, 6) is 1.03. The molecule has 9 heteroatoms. The van der Waals surface area contributed by atoms with Crippen molar-refractivity contribution in [2.75, 3.05) is 47.8 Å². The summed E-state index contributed by atoms with van der Waals surface area (Å²) in [5, 5.41) is 0. The van der Waals surface area contributed by atoms with Gasteiger partial charge in [0, 0.05) is 32.3 Å². The number of methoxy groups -OCH3 is 3. The second-order valence-electron chi connectivity index (χ2n) is 11.5. The van der Waals surface area contributed by atoms with Crippen LogP contribution in [0.4, 0.5) is 0 Å². The van der Waals surface area contributed by atoms with E-state index < -0.39 is 12.1 Å². The Labute approximate surface area is 251 Å². The quantitative estimate of drug-likeness (QED) is 0.0879. The number of hydrogen-bond donors (Lipinski definition) is 0. The SMILES string of the molecule is COc1cc(/C=C/C(=O)O[C@@H]2CCCOCC[C@@H](C3(C)OC3CC=C(C)C)[C@@H]2OC)cc(OC)c1OCCOC(C)C. The molecule has 5 atom stereocenters. The first-order valence-corrected chi connectivity index (χ1v) is 14.9. The first-order chi connectivity index (χ1) is 20.1. The highest BCUT2D eigenvalue weighted by Gasteiger charge is 2.59. The monoisotopic (exact) mass is 590 g/mol. The molecule has 2 unspecified atom stereocenters. The van der Waals surface area contributed by atoms with Gasteiger partial charge < -0.3 is 37.9 Å². The topological polar surface area (TPSA) is 94.2 Å². The van der Waals surface area contributed by atoms with E-state index in [0.29, 0.717) is 55.7 Å². The molecule has 3 rings (SSSR count). The molecule has 1 aromatic carbocycles. The van der Waals surface area contributed by atoms with Gasteiger partial charge in [0.05, 0.1) is 44.7 Å². The molecule has 2 aliphatic heterocycles. The lowest BCUT2D eigenvalue weighted by atomic mass is 9.80. The van der Waals surface area contributed by atoms with E-state index in [1.165, 1.54) is 11.6 Å². The van der Waals surface area contributed by atoms with Gasteiger partial charge in [0.25, 0.3) is 0 Å². The number of rotatable bonds is 14. The molecule has 0 saturated carbocycles. The molecular formula is C33H50O9. The van der Waals surface area contributed by atoms with Gasteiger partial charge in [0.15, 0.2) is 11.5 Å². The minimum atomic E-state index is -0.451. The van der Waals surface area contributed by atoms with E-state index in [2.05, 4.69) is 26.8 Å². The van der Waals surface area contributed by atoms with Crippen molar-refractivity contribution in [3.05, 3.63) is 35.4 Å². The fourth-order valence-electron chi connectivity index (χ4n) is 5.48. The number of epoxide rings is 1. The van der Waals surface area contributed by atoms with Gasteiger partial charge in [0.2, 0.25) is 5.75 Å². The average molecular weight is 591 g/mol. The fourth-order valence-corrected chi connectivity index (χ4v) is 5.48. The summed E-state index contributed by atoms with van der Waals surface area (Å²) in [6, 6.07) is 3.57. The van der Waals surface area contributed by atoms with Crippen LogP contribution in [0.15, 0.2) is 29.9 Å². The van der Waals surface area contributed by atoms with Gasteiger partial charge in [-0.05, 0) is 84.1 Å². The molecule has 0 spiro atoms. The largest absolute Gasteiger partial charge is 0.493 e. The average Bonchev–Trinajstić information content (AvgIpc) is 3.61. The third-order valence-electron chi connectivity index (χ3n) is 7.78. The molecule has 2 saturated heterocycles. The van der Waals surface area contributed by atoms with Crippen LogP contribution in [0.5, 0.6) is 17.2 Å². The predicted molar refractivity (Wildman–Crippen MR) is 161 cm³/mol. The van der Waals surface area contributed by atoms with Crippen molar-refractivity contribution in [1.29, 1.82) is 0 Å². The van der Waals surface area contributed by atoms with E-state index in [0.717, 1.165) is 19.3 Å². The number of hydrogen-bond acceptors (Lipinski definition) is 9. The minimum Gasteiger partial charge on any atom is -0.493 e. The van der Waals surface area contributed by atoms with Crippen molar-refractivity contribution in [2.45, 2.75) is 90.3 Å². The summed E-state index contributed by atoms with van der Waals surface area (Å²) >= 11 is 0. The molecule has 9 nitrogen and oxygen atoms in total. The third-order valence-corrected chi connectivity index (χ3v) is 7.78. The van der Waals surface area contributed by atoms with E-state index in [9.17, 15) is 4.79 Å². The molecule has 0 bridgehead atoms. The molecule has 2 fully saturated rings.